The van der Waals surface area contributed by atoms with E-state index in [-0.39, 0.29) is 29.8 Å². The van der Waals surface area contributed by atoms with Crippen LogP contribution >= 0.6 is 24.0 Å². The number of piperidine rings is 1. The zero-order valence-electron chi connectivity index (χ0n) is 17.8. The summed E-state index contributed by atoms with van der Waals surface area (Å²) in [4.78, 5) is 10.0. The number of fused-ring (bicyclic) bond motifs is 1. The summed E-state index contributed by atoms with van der Waals surface area (Å²) in [5.41, 5.74) is 2.10. The minimum Gasteiger partial charge on any atom is -0.378 e. The molecular weight excluding hydrogens is 494 g/mol. The average Bonchev–Trinajstić information content (AvgIpc) is 3.40. The molecule has 2 N–H and O–H groups in total. The molecule has 166 valence electrons. The van der Waals surface area contributed by atoms with Crippen molar-refractivity contribution in [2.24, 2.45) is 10.9 Å². The van der Waals surface area contributed by atoms with Crippen LogP contribution in [0.4, 0.5) is 4.39 Å². The lowest BCUT2D eigenvalue weighted by Gasteiger charge is -2.34. The van der Waals surface area contributed by atoms with Gasteiger partial charge in [0.15, 0.2) is 5.96 Å². The number of hydrogen-bond donors (Lipinski definition) is 2. The summed E-state index contributed by atoms with van der Waals surface area (Å²) in [6, 6.07) is 4.88. The molecule has 1 aliphatic heterocycles. The van der Waals surface area contributed by atoms with Crippen molar-refractivity contribution in [1.82, 2.24) is 15.2 Å². The third-order valence-corrected chi connectivity index (χ3v) is 6.40. The molecule has 2 heterocycles. The minimum absolute atomic E-state index is 0. The summed E-state index contributed by atoms with van der Waals surface area (Å²) in [5.74, 6) is 1.55. The highest BCUT2D eigenvalue weighted by Crippen LogP contribution is 2.26. The number of aliphatic imine (C=N–C) groups is 1. The number of rotatable bonds is 6. The van der Waals surface area contributed by atoms with E-state index in [0.717, 1.165) is 73.8 Å². The van der Waals surface area contributed by atoms with E-state index in [4.69, 9.17) is 4.74 Å². The molecule has 0 bridgehead atoms. The highest BCUT2D eigenvalue weighted by molar-refractivity contribution is 14.0. The zero-order chi connectivity index (χ0) is 20.1. The summed E-state index contributed by atoms with van der Waals surface area (Å²) in [7, 11) is 1.84. The lowest BCUT2D eigenvalue weighted by molar-refractivity contribution is 0.00103. The van der Waals surface area contributed by atoms with Gasteiger partial charge in [-0.1, -0.05) is 12.8 Å². The van der Waals surface area contributed by atoms with E-state index in [0.29, 0.717) is 6.10 Å². The number of aromatic nitrogens is 1. The first-order valence-electron chi connectivity index (χ1n) is 11.1. The number of H-pyrrole nitrogens is 1. The first kappa shape index (κ1) is 23.3. The number of nitrogens with zero attached hydrogens (tertiary/aromatic N) is 2. The van der Waals surface area contributed by atoms with E-state index in [1.54, 1.807) is 12.1 Å². The Bertz CT molecular complexity index is 826. The Morgan fingerprint density at radius 2 is 2.00 bits per heavy atom. The van der Waals surface area contributed by atoms with Crippen molar-refractivity contribution in [3.63, 3.8) is 0 Å². The molecular formula is C23H34FIN4O. The largest absolute Gasteiger partial charge is 0.378 e. The molecule has 1 aromatic carbocycles. The maximum absolute atomic E-state index is 13.6. The Balaban J connectivity index is 0.00000256. The summed E-state index contributed by atoms with van der Waals surface area (Å²) in [6.07, 6.45) is 10.8. The number of likely N-dealkylation sites (tertiary alicyclic amines) is 1. The van der Waals surface area contributed by atoms with Crippen LogP contribution in [0, 0.1) is 11.7 Å². The first-order chi connectivity index (χ1) is 14.2. The van der Waals surface area contributed by atoms with Gasteiger partial charge in [0.05, 0.1) is 6.10 Å². The number of ether oxygens (including phenoxy) is 1. The van der Waals surface area contributed by atoms with Gasteiger partial charge >= 0.3 is 0 Å². The molecule has 7 heteroatoms. The first-order valence-corrected chi connectivity index (χ1v) is 11.1. The van der Waals surface area contributed by atoms with Crippen LogP contribution in [-0.4, -0.2) is 55.2 Å². The van der Waals surface area contributed by atoms with Gasteiger partial charge in [0.25, 0.3) is 0 Å². The van der Waals surface area contributed by atoms with E-state index >= 15 is 0 Å². The van der Waals surface area contributed by atoms with Crippen LogP contribution in [0.1, 0.15) is 44.1 Å². The predicted molar refractivity (Wildman–Crippen MR) is 131 cm³/mol. The Hall–Kier alpha value is -1.35. The van der Waals surface area contributed by atoms with Gasteiger partial charge in [-0.3, -0.25) is 4.99 Å². The highest BCUT2D eigenvalue weighted by atomic mass is 127. The minimum atomic E-state index is -0.194. The van der Waals surface area contributed by atoms with Crippen LogP contribution in [0.5, 0.6) is 0 Å². The Morgan fingerprint density at radius 1 is 1.23 bits per heavy atom. The smallest absolute Gasteiger partial charge is 0.193 e. The van der Waals surface area contributed by atoms with Gasteiger partial charge in [-0.15, -0.1) is 24.0 Å². The van der Waals surface area contributed by atoms with Crippen LogP contribution in [0.15, 0.2) is 29.4 Å². The molecule has 0 amide bonds. The van der Waals surface area contributed by atoms with Crippen LogP contribution < -0.4 is 5.32 Å². The van der Waals surface area contributed by atoms with Gasteiger partial charge in [0.1, 0.15) is 5.82 Å². The van der Waals surface area contributed by atoms with Crippen LogP contribution in [0.25, 0.3) is 10.9 Å². The van der Waals surface area contributed by atoms with Gasteiger partial charge in [0, 0.05) is 50.4 Å². The second kappa shape index (κ2) is 11.3. The van der Waals surface area contributed by atoms with E-state index < -0.39 is 0 Å². The fourth-order valence-electron chi connectivity index (χ4n) is 4.68. The molecule has 2 aromatic rings. The van der Waals surface area contributed by atoms with Crippen LogP contribution in [0.2, 0.25) is 0 Å². The molecule has 4 rings (SSSR count). The summed E-state index contributed by atoms with van der Waals surface area (Å²) >= 11 is 0. The summed E-state index contributed by atoms with van der Waals surface area (Å²) in [6.45, 7) is 3.68. The Morgan fingerprint density at radius 3 is 2.73 bits per heavy atom. The van der Waals surface area contributed by atoms with Gasteiger partial charge in [-0.05, 0) is 61.8 Å². The van der Waals surface area contributed by atoms with E-state index in [2.05, 4.69) is 20.2 Å². The molecule has 1 aromatic heterocycles. The fourth-order valence-corrected chi connectivity index (χ4v) is 4.68. The summed E-state index contributed by atoms with van der Waals surface area (Å²) in [5, 5.41) is 4.44. The number of halogens is 2. The van der Waals surface area contributed by atoms with Crippen molar-refractivity contribution >= 4 is 40.8 Å². The zero-order valence-corrected chi connectivity index (χ0v) is 20.2. The van der Waals surface area contributed by atoms with Crippen molar-refractivity contribution in [2.75, 3.05) is 33.3 Å². The quantitative estimate of drug-likeness (QED) is 0.325. The van der Waals surface area contributed by atoms with Gasteiger partial charge in [-0.25, -0.2) is 4.39 Å². The maximum atomic E-state index is 13.6. The molecule has 5 nitrogen and oxygen atoms in total. The van der Waals surface area contributed by atoms with Crippen LogP contribution in [-0.2, 0) is 11.2 Å². The normalized spacial score (nSPS) is 18.7. The second-order valence-corrected chi connectivity index (χ2v) is 8.40. The standard InChI is InChI=1S/C23H33FN4O.HI/c1-25-23(26-11-8-18-15-27-22-7-6-19(24)14-21(18)22)28-12-9-20(10-13-28)29-16-17-4-2-3-5-17;/h6-7,14-15,17,20,27H,2-5,8-13,16H2,1H3,(H,25,26);1H. The molecule has 1 aliphatic carbocycles. The Labute approximate surface area is 195 Å². The molecule has 30 heavy (non-hydrogen) atoms. The van der Waals surface area contributed by atoms with E-state index in [1.807, 2.05) is 13.2 Å². The maximum Gasteiger partial charge on any atom is 0.193 e. The lowest BCUT2D eigenvalue weighted by atomic mass is 10.1. The third-order valence-electron chi connectivity index (χ3n) is 6.40. The molecule has 0 spiro atoms. The third kappa shape index (κ3) is 5.87. The molecule has 0 atom stereocenters. The number of nitrogens with one attached hydrogen (secondary N) is 2. The van der Waals surface area contributed by atoms with Crippen molar-refractivity contribution in [3.05, 3.63) is 35.8 Å². The SMILES string of the molecule is CN=C(NCCc1c[nH]c2ccc(F)cc12)N1CCC(OCC2CCCC2)CC1.I. The molecule has 2 aliphatic rings. The summed E-state index contributed by atoms with van der Waals surface area (Å²) < 4.78 is 19.7. The number of hydrogen-bond acceptors (Lipinski definition) is 2. The molecule has 1 saturated carbocycles. The number of guanidine groups is 1. The molecule has 0 radical (unpaired) electrons. The topological polar surface area (TPSA) is 52.7 Å². The highest BCUT2D eigenvalue weighted by Gasteiger charge is 2.23. The van der Waals surface area contributed by atoms with Crippen molar-refractivity contribution < 1.29 is 9.13 Å². The fraction of sp³-hybridized carbons (Fsp3) is 0.609. The number of aromatic amines is 1. The number of benzene rings is 1. The second-order valence-electron chi connectivity index (χ2n) is 8.40. The van der Waals surface area contributed by atoms with E-state index in [1.165, 1.54) is 31.7 Å². The van der Waals surface area contributed by atoms with Gasteiger partial charge < -0.3 is 19.9 Å². The van der Waals surface area contributed by atoms with Gasteiger partial charge in [0.2, 0.25) is 0 Å². The van der Waals surface area contributed by atoms with Crippen molar-refractivity contribution in [1.29, 1.82) is 0 Å². The van der Waals surface area contributed by atoms with Crippen molar-refractivity contribution in [2.45, 2.75) is 51.0 Å². The van der Waals surface area contributed by atoms with E-state index in [9.17, 15) is 4.39 Å². The van der Waals surface area contributed by atoms with Crippen molar-refractivity contribution in [3.8, 4) is 0 Å². The molecule has 0 unspecified atom stereocenters. The average molecular weight is 528 g/mol. The predicted octanol–water partition coefficient (Wildman–Crippen LogP) is 4.71. The Kier molecular flexibility index (Phi) is 8.80. The lowest BCUT2D eigenvalue weighted by Crippen LogP contribution is -2.47. The molecule has 1 saturated heterocycles. The van der Waals surface area contributed by atoms with Gasteiger partial charge in [-0.2, -0.15) is 0 Å². The van der Waals surface area contributed by atoms with Crippen LogP contribution in [0.3, 0.4) is 0 Å². The monoisotopic (exact) mass is 528 g/mol. The molecule has 2 fully saturated rings.